The van der Waals surface area contributed by atoms with Crippen LogP contribution in [0.4, 0.5) is 0 Å². The zero-order chi connectivity index (χ0) is 14.7. The van der Waals surface area contributed by atoms with Gasteiger partial charge in [0.15, 0.2) is 0 Å². The number of benzene rings is 3. The van der Waals surface area contributed by atoms with E-state index in [1.165, 1.54) is 10.8 Å². The van der Waals surface area contributed by atoms with Gasteiger partial charge in [0.25, 0.3) is 5.24 Å². The monoisotopic (exact) mass is 296 g/mol. The van der Waals surface area contributed by atoms with Crippen molar-refractivity contribution in [2.75, 3.05) is 0 Å². The van der Waals surface area contributed by atoms with Crippen LogP contribution < -0.4 is 4.74 Å². The maximum absolute atomic E-state index is 11.1. The van der Waals surface area contributed by atoms with Gasteiger partial charge in [-0.1, -0.05) is 42.5 Å². The summed E-state index contributed by atoms with van der Waals surface area (Å²) in [7, 11) is 0. The van der Waals surface area contributed by atoms with Crippen LogP contribution in [0.2, 0.25) is 0 Å². The third kappa shape index (κ3) is 3.23. The molecule has 3 heteroatoms. The summed E-state index contributed by atoms with van der Waals surface area (Å²) in [6.07, 6.45) is 0. The van der Waals surface area contributed by atoms with Crippen molar-refractivity contribution in [2.45, 2.75) is 6.61 Å². The molecule has 0 aliphatic rings. The van der Waals surface area contributed by atoms with Gasteiger partial charge in [-0.25, -0.2) is 0 Å². The summed E-state index contributed by atoms with van der Waals surface area (Å²) in [5.74, 6) is 0.634. The Morgan fingerprint density at radius 2 is 1.71 bits per heavy atom. The first-order valence-corrected chi connectivity index (χ1v) is 7.00. The second-order valence-corrected chi connectivity index (χ2v) is 5.12. The molecule has 0 bridgehead atoms. The lowest BCUT2D eigenvalue weighted by Crippen LogP contribution is -1.97. The number of halogens is 1. The Kier molecular flexibility index (Phi) is 3.89. The molecule has 3 rings (SSSR count). The van der Waals surface area contributed by atoms with Crippen molar-refractivity contribution >= 4 is 27.6 Å². The second kappa shape index (κ2) is 5.98. The van der Waals surface area contributed by atoms with Crippen LogP contribution in [0.25, 0.3) is 10.8 Å². The van der Waals surface area contributed by atoms with Gasteiger partial charge in [-0.15, -0.1) is 0 Å². The Labute approximate surface area is 127 Å². The van der Waals surface area contributed by atoms with Crippen molar-refractivity contribution in [3.63, 3.8) is 0 Å². The first-order valence-electron chi connectivity index (χ1n) is 6.63. The smallest absolute Gasteiger partial charge is 0.252 e. The van der Waals surface area contributed by atoms with Gasteiger partial charge in [0.05, 0.1) is 0 Å². The van der Waals surface area contributed by atoms with E-state index < -0.39 is 5.24 Å². The fraction of sp³-hybridized carbons (Fsp3) is 0.0556. The summed E-state index contributed by atoms with van der Waals surface area (Å²) in [5.41, 5.74) is 1.52. The number of hydrogen-bond acceptors (Lipinski definition) is 2. The van der Waals surface area contributed by atoms with Crippen LogP contribution in [-0.2, 0) is 6.61 Å². The average molecular weight is 297 g/mol. The number of carbonyl (C=O) groups excluding carboxylic acids is 1. The van der Waals surface area contributed by atoms with E-state index in [2.05, 4.69) is 24.3 Å². The number of hydrogen-bond donors (Lipinski definition) is 0. The molecule has 0 atom stereocenters. The van der Waals surface area contributed by atoms with Crippen molar-refractivity contribution in [1.29, 1.82) is 0 Å². The molecule has 0 spiro atoms. The van der Waals surface area contributed by atoms with E-state index in [-0.39, 0.29) is 0 Å². The topological polar surface area (TPSA) is 26.3 Å². The molecule has 0 aliphatic carbocycles. The van der Waals surface area contributed by atoms with Gasteiger partial charge in [-0.2, -0.15) is 0 Å². The molecule has 3 aromatic carbocycles. The second-order valence-electron chi connectivity index (χ2n) is 4.77. The van der Waals surface area contributed by atoms with Gasteiger partial charge in [-0.3, -0.25) is 4.79 Å². The minimum absolute atomic E-state index is 0.438. The van der Waals surface area contributed by atoms with Gasteiger partial charge in [0.2, 0.25) is 0 Å². The van der Waals surface area contributed by atoms with Crippen molar-refractivity contribution in [2.24, 2.45) is 0 Å². The molecular formula is C18H13ClO2. The third-order valence-electron chi connectivity index (χ3n) is 3.28. The van der Waals surface area contributed by atoms with E-state index in [0.717, 1.165) is 5.56 Å². The minimum Gasteiger partial charge on any atom is -0.489 e. The van der Waals surface area contributed by atoms with E-state index in [1.54, 1.807) is 18.2 Å². The molecule has 0 fully saturated rings. The molecule has 0 amide bonds. The molecule has 0 aromatic heterocycles. The fourth-order valence-electron chi connectivity index (χ4n) is 2.20. The Morgan fingerprint density at radius 1 is 0.905 bits per heavy atom. The zero-order valence-corrected chi connectivity index (χ0v) is 12.0. The van der Waals surface area contributed by atoms with Gasteiger partial charge in [0, 0.05) is 5.56 Å². The highest BCUT2D eigenvalue weighted by molar-refractivity contribution is 6.67. The Balaban J connectivity index is 1.77. The van der Waals surface area contributed by atoms with Gasteiger partial charge in [0.1, 0.15) is 12.4 Å². The molecule has 21 heavy (non-hydrogen) atoms. The van der Waals surface area contributed by atoms with Crippen LogP contribution in [0, 0.1) is 0 Å². The Hall–Kier alpha value is -2.32. The van der Waals surface area contributed by atoms with Crippen LogP contribution in [0.5, 0.6) is 5.75 Å². The maximum Gasteiger partial charge on any atom is 0.252 e. The summed E-state index contributed by atoms with van der Waals surface area (Å²) in [4.78, 5) is 11.1. The zero-order valence-electron chi connectivity index (χ0n) is 11.3. The highest BCUT2D eigenvalue weighted by atomic mass is 35.5. The molecule has 0 heterocycles. The van der Waals surface area contributed by atoms with Gasteiger partial charge >= 0.3 is 0 Å². The van der Waals surface area contributed by atoms with Crippen LogP contribution in [-0.4, -0.2) is 5.24 Å². The Morgan fingerprint density at radius 3 is 2.52 bits per heavy atom. The molecule has 0 N–H and O–H groups in total. The van der Waals surface area contributed by atoms with Crippen LogP contribution >= 0.6 is 11.6 Å². The minimum atomic E-state index is -0.480. The standard InChI is InChI=1S/C18H13ClO2/c19-18(20)16-6-3-7-17(11-16)21-12-13-8-9-14-4-1-2-5-15(14)10-13/h1-11H,12H2. The van der Waals surface area contributed by atoms with E-state index in [4.69, 9.17) is 16.3 Å². The van der Waals surface area contributed by atoms with Crippen molar-refractivity contribution in [1.82, 2.24) is 0 Å². The molecule has 3 aromatic rings. The lowest BCUT2D eigenvalue weighted by molar-refractivity contribution is 0.108. The van der Waals surface area contributed by atoms with E-state index in [9.17, 15) is 4.79 Å². The third-order valence-corrected chi connectivity index (χ3v) is 3.50. The normalized spacial score (nSPS) is 10.5. The first-order chi connectivity index (χ1) is 10.2. The average Bonchev–Trinajstić information content (AvgIpc) is 2.53. The van der Waals surface area contributed by atoms with Crippen molar-refractivity contribution < 1.29 is 9.53 Å². The number of rotatable bonds is 4. The molecule has 0 saturated heterocycles. The van der Waals surface area contributed by atoms with Crippen LogP contribution in [0.1, 0.15) is 15.9 Å². The summed E-state index contributed by atoms with van der Waals surface area (Å²) in [5, 5.41) is 1.91. The maximum atomic E-state index is 11.1. The summed E-state index contributed by atoms with van der Waals surface area (Å²) in [6.45, 7) is 0.449. The van der Waals surface area contributed by atoms with Crippen molar-refractivity contribution in [3.05, 3.63) is 77.9 Å². The number of ether oxygens (including phenoxy) is 1. The molecule has 0 radical (unpaired) electrons. The molecule has 0 saturated carbocycles. The molecule has 0 aliphatic heterocycles. The largest absolute Gasteiger partial charge is 0.489 e. The van der Waals surface area contributed by atoms with Crippen LogP contribution in [0.3, 0.4) is 0 Å². The lowest BCUT2D eigenvalue weighted by Gasteiger charge is -2.08. The highest BCUT2D eigenvalue weighted by Gasteiger charge is 2.03. The molecule has 104 valence electrons. The van der Waals surface area contributed by atoms with E-state index in [1.807, 2.05) is 24.3 Å². The molecule has 0 unspecified atom stereocenters. The fourth-order valence-corrected chi connectivity index (χ4v) is 2.32. The number of fused-ring (bicyclic) bond motifs is 1. The van der Waals surface area contributed by atoms with Crippen LogP contribution in [0.15, 0.2) is 66.7 Å². The van der Waals surface area contributed by atoms with Crippen molar-refractivity contribution in [3.8, 4) is 5.75 Å². The van der Waals surface area contributed by atoms with E-state index >= 15 is 0 Å². The lowest BCUT2D eigenvalue weighted by atomic mass is 10.1. The number of carbonyl (C=O) groups is 1. The SMILES string of the molecule is O=C(Cl)c1cccc(OCc2ccc3ccccc3c2)c1. The first kappa shape index (κ1) is 13.7. The van der Waals surface area contributed by atoms with E-state index in [0.29, 0.717) is 17.9 Å². The summed E-state index contributed by atoms with van der Waals surface area (Å²) < 4.78 is 5.72. The predicted molar refractivity (Wildman–Crippen MR) is 84.9 cm³/mol. The summed E-state index contributed by atoms with van der Waals surface area (Å²) in [6, 6.07) is 21.3. The Bertz CT molecular complexity index is 796. The highest BCUT2D eigenvalue weighted by Crippen LogP contribution is 2.19. The van der Waals surface area contributed by atoms with Gasteiger partial charge in [-0.05, 0) is 52.2 Å². The van der Waals surface area contributed by atoms with Gasteiger partial charge < -0.3 is 4.74 Å². The molecular weight excluding hydrogens is 284 g/mol. The quantitative estimate of drug-likeness (QED) is 0.647. The predicted octanol–water partition coefficient (Wildman–Crippen LogP) is 4.80. The molecule has 2 nitrogen and oxygen atoms in total. The summed E-state index contributed by atoms with van der Waals surface area (Å²) >= 11 is 5.46.